The number of aryl methyl sites for hydroxylation is 2. The van der Waals surface area contributed by atoms with E-state index in [0.29, 0.717) is 28.6 Å². The van der Waals surface area contributed by atoms with Crippen LogP contribution in [-0.2, 0) is 10.5 Å². The van der Waals surface area contributed by atoms with E-state index in [-0.39, 0.29) is 18.3 Å². The van der Waals surface area contributed by atoms with Gasteiger partial charge in [-0.15, -0.1) is 0 Å². The van der Waals surface area contributed by atoms with Crippen LogP contribution in [-0.4, -0.2) is 24.8 Å². The van der Waals surface area contributed by atoms with Crippen molar-refractivity contribution in [2.75, 3.05) is 18.9 Å². The second-order valence-electron chi connectivity index (χ2n) is 6.10. The van der Waals surface area contributed by atoms with E-state index in [0.717, 1.165) is 22.4 Å². The van der Waals surface area contributed by atoms with Crippen LogP contribution in [0.4, 0.5) is 4.39 Å². The van der Waals surface area contributed by atoms with Crippen molar-refractivity contribution in [2.24, 2.45) is 0 Å². The molecule has 1 N–H and O–H groups in total. The number of benzene rings is 2. The van der Waals surface area contributed by atoms with Gasteiger partial charge >= 0.3 is 0 Å². The Bertz CT molecular complexity index is 762. The Balaban J connectivity index is 1.70. The van der Waals surface area contributed by atoms with Gasteiger partial charge in [0.2, 0.25) is 0 Å². The van der Waals surface area contributed by atoms with E-state index < -0.39 is 0 Å². The fraction of sp³-hybridized carbons (Fsp3) is 0.350. The first-order chi connectivity index (χ1) is 12.4. The molecule has 140 valence electrons. The standard InChI is InChI=1S/C20H23ClFNO2S/c1-13-9-14(2)15(3)19(10-13)25-11-20(24)23-7-8-26-12-16-17(21)5-4-6-18(16)22/h4-6,9-10H,7-8,11-12H2,1-3H3,(H,23,24). The largest absolute Gasteiger partial charge is 0.483 e. The molecule has 1 amide bonds. The molecule has 0 bridgehead atoms. The molecular formula is C20H23ClFNO2S. The van der Waals surface area contributed by atoms with Crippen LogP contribution in [0.15, 0.2) is 30.3 Å². The van der Waals surface area contributed by atoms with Crippen molar-refractivity contribution in [3.63, 3.8) is 0 Å². The molecule has 6 heteroatoms. The Morgan fingerprint density at radius 3 is 2.77 bits per heavy atom. The summed E-state index contributed by atoms with van der Waals surface area (Å²) in [5.41, 5.74) is 3.79. The predicted molar refractivity (Wildman–Crippen MR) is 107 cm³/mol. The van der Waals surface area contributed by atoms with Crippen molar-refractivity contribution in [1.29, 1.82) is 0 Å². The highest BCUT2D eigenvalue weighted by atomic mass is 35.5. The van der Waals surface area contributed by atoms with Gasteiger partial charge in [0.05, 0.1) is 0 Å². The van der Waals surface area contributed by atoms with Gasteiger partial charge in [-0.3, -0.25) is 4.79 Å². The van der Waals surface area contributed by atoms with Crippen molar-refractivity contribution >= 4 is 29.3 Å². The molecular weight excluding hydrogens is 373 g/mol. The van der Waals surface area contributed by atoms with Crippen LogP contribution in [0.1, 0.15) is 22.3 Å². The number of hydrogen-bond donors (Lipinski definition) is 1. The van der Waals surface area contributed by atoms with Crippen molar-refractivity contribution in [2.45, 2.75) is 26.5 Å². The number of amides is 1. The smallest absolute Gasteiger partial charge is 0.257 e. The minimum Gasteiger partial charge on any atom is -0.483 e. The van der Waals surface area contributed by atoms with Crippen molar-refractivity contribution < 1.29 is 13.9 Å². The molecule has 0 atom stereocenters. The van der Waals surface area contributed by atoms with Crippen LogP contribution >= 0.6 is 23.4 Å². The molecule has 2 rings (SSSR count). The molecule has 2 aromatic rings. The lowest BCUT2D eigenvalue weighted by Gasteiger charge is -2.12. The molecule has 0 saturated carbocycles. The van der Waals surface area contributed by atoms with Crippen molar-refractivity contribution in [3.8, 4) is 5.75 Å². The Morgan fingerprint density at radius 1 is 1.27 bits per heavy atom. The van der Waals surface area contributed by atoms with E-state index >= 15 is 0 Å². The van der Waals surface area contributed by atoms with E-state index in [1.165, 1.54) is 17.8 Å². The third-order valence-electron chi connectivity index (χ3n) is 4.00. The third-order valence-corrected chi connectivity index (χ3v) is 5.34. The zero-order chi connectivity index (χ0) is 19.1. The summed E-state index contributed by atoms with van der Waals surface area (Å²) in [5, 5.41) is 3.23. The Kier molecular flexibility index (Phi) is 7.79. The lowest BCUT2D eigenvalue weighted by molar-refractivity contribution is -0.122. The number of carbonyl (C=O) groups excluding carboxylic acids is 1. The average molecular weight is 396 g/mol. The van der Waals surface area contributed by atoms with Gasteiger partial charge in [-0.1, -0.05) is 23.7 Å². The maximum Gasteiger partial charge on any atom is 0.257 e. The average Bonchev–Trinajstić information content (AvgIpc) is 2.58. The van der Waals surface area contributed by atoms with Gasteiger partial charge in [0.1, 0.15) is 11.6 Å². The maximum absolute atomic E-state index is 13.7. The van der Waals surface area contributed by atoms with Gasteiger partial charge in [-0.05, 0) is 55.7 Å². The summed E-state index contributed by atoms with van der Waals surface area (Å²) in [6.45, 7) is 6.47. The molecule has 0 aromatic heterocycles. The number of nitrogens with one attached hydrogen (secondary N) is 1. The van der Waals surface area contributed by atoms with Crippen molar-refractivity contribution in [1.82, 2.24) is 5.32 Å². The van der Waals surface area contributed by atoms with E-state index in [4.69, 9.17) is 16.3 Å². The van der Waals surface area contributed by atoms with E-state index in [1.807, 2.05) is 26.8 Å². The van der Waals surface area contributed by atoms with E-state index in [9.17, 15) is 9.18 Å². The summed E-state index contributed by atoms with van der Waals surface area (Å²) in [6.07, 6.45) is 0. The number of thioether (sulfide) groups is 1. The van der Waals surface area contributed by atoms with Crippen molar-refractivity contribution in [3.05, 3.63) is 63.4 Å². The van der Waals surface area contributed by atoms with E-state index in [1.54, 1.807) is 12.1 Å². The predicted octanol–water partition coefficient (Wildman–Crippen LogP) is 4.83. The van der Waals surface area contributed by atoms with Crippen LogP contribution < -0.4 is 10.1 Å². The second-order valence-corrected chi connectivity index (χ2v) is 7.61. The molecule has 0 unspecified atom stereocenters. The Hall–Kier alpha value is -1.72. The van der Waals surface area contributed by atoms with Gasteiger partial charge in [-0.2, -0.15) is 11.8 Å². The Labute approximate surface area is 163 Å². The molecule has 0 aliphatic rings. The lowest BCUT2D eigenvalue weighted by Crippen LogP contribution is -2.30. The zero-order valence-electron chi connectivity index (χ0n) is 15.2. The summed E-state index contributed by atoms with van der Waals surface area (Å²) in [4.78, 5) is 11.9. The highest BCUT2D eigenvalue weighted by molar-refractivity contribution is 7.98. The van der Waals surface area contributed by atoms with Crippen LogP contribution in [0.5, 0.6) is 5.75 Å². The molecule has 2 aromatic carbocycles. The van der Waals surface area contributed by atoms with Crippen LogP contribution in [0.25, 0.3) is 0 Å². The third kappa shape index (κ3) is 5.92. The number of halogens is 2. The highest BCUT2D eigenvalue weighted by Crippen LogP contribution is 2.24. The summed E-state index contributed by atoms with van der Waals surface area (Å²) >= 11 is 7.51. The second kappa shape index (κ2) is 9.83. The molecule has 0 radical (unpaired) electrons. The monoisotopic (exact) mass is 395 g/mol. The molecule has 0 heterocycles. The first-order valence-corrected chi connectivity index (χ1v) is 9.89. The lowest BCUT2D eigenvalue weighted by atomic mass is 10.1. The normalized spacial score (nSPS) is 10.7. The maximum atomic E-state index is 13.7. The fourth-order valence-electron chi connectivity index (χ4n) is 2.45. The van der Waals surface area contributed by atoms with Gasteiger partial charge in [-0.25, -0.2) is 4.39 Å². The first kappa shape index (κ1) is 20.6. The quantitative estimate of drug-likeness (QED) is 0.650. The summed E-state index contributed by atoms with van der Waals surface area (Å²) < 4.78 is 19.3. The number of carbonyl (C=O) groups is 1. The van der Waals surface area contributed by atoms with Gasteiger partial charge in [0.15, 0.2) is 6.61 Å². The number of rotatable bonds is 8. The van der Waals surface area contributed by atoms with Gasteiger partial charge in [0.25, 0.3) is 5.91 Å². The number of ether oxygens (including phenoxy) is 1. The van der Waals surface area contributed by atoms with Crippen LogP contribution in [0.3, 0.4) is 0 Å². The van der Waals surface area contributed by atoms with Crippen LogP contribution in [0.2, 0.25) is 5.02 Å². The topological polar surface area (TPSA) is 38.3 Å². The molecule has 0 saturated heterocycles. The molecule has 26 heavy (non-hydrogen) atoms. The fourth-order valence-corrected chi connectivity index (χ4v) is 3.65. The molecule has 0 spiro atoms. The molecule has 0 aliphatic heterocycles. The minimum atomic E-state index is -0.300. The molecule has 3 nitrogen and oxygen atoms in total. The summed E-state index contributed by atoms with van der Waals surface area (Å²) in [7, 11) is 0. The summed E-state index contributed by atoms with van der Waals surface area (Å²) in [5.74, 6) is 1.40. The summed E-state index contributed by atoms with van der Waals surface area (Å²) in [6, 6.07) is 8.68. The highest BCUT2D eigenvalue weighted by Gasteiger charge is 2.08. The first-order valence-electron chi connectivity index (χ1n) is 8.36. The Morgan fingerprint density at radius 2 is 2.04 bits per heavy atom. The van der Waals surface area contributed by atoms with Crippen LogP contribution in [0, 0.1) is 26.6 Å². The minimum absolute atomic E-state index is 0.0203. The number of hydrogen-bond acceptors (Lipinski definition) is 3. The SMILES string of the molecule is Cc1cc(C)c(C)c(OCC(=O)NCCSCc2c(F)cccc2Cl)c1. The zero-order valence-corrected chi connectivity index (χ0v) is 16.8. The van der Waals surface area contributed by atoms with E-state index in [2.05, 4.69) is 11.4 Å². The van der Waals surface area contributed by atoms with Gasteiger partial charge in [0, 0.05) is 28.6 Å². The molecule has 0 fully saturated rings. The molecule has 0 aliphatic carbocycles. The van der Waals surface area contributed by atoms with Gasteiger partial charge < -0.3 is 10.1 Å².